The molecule has 4 nitrogen and oxygen atoms in total. The number of methoxy groups -OCH3 is 1. The van der Waals surface area contributed by atoms with Gasteiger partial charge >= 0.3 is 5.97 Å². The van der Waals surface area contributed by atoms with Crippen LogP contribution in [-0.4, -0.2) is 25.7 Å². The first-order chi connectivity index (χ1) is 6.33. The van der Waals surface area contributed by atoms with Crippen LogP contribution in [0.25, 0.3) is 0 Å². The van der Waals surface area contributed by atoms with Gasteiger partial charge in [-0.2, -0.15) is 0 Å². The van der Waals surface area contributed by atoms with Crippen molar-refractivity contribution in [3.8, 4) is 0 Å². The van der Waals surface area contributed by atoms with Crippen molar-refractivity contribution in [2.75, 3.05) is 13.7 Å². The average molecular weight is 186 g/mol. The van der Waals surface area contributed by atoms with Gasteiger partial charge in [0.15, 0.2) is 0 Å². The van der Waals surface area contributed by atoms with Crippen LogP contribution in [0.2, 0.25) is 0 Å². The van der Waals surface area contributed by atoms with E-state index < -0.39 is 0 Å². The molecule has 1 saturated heterocycles. The monoisotopic (exact) mass is 186 g/mol. The Hall–Kier alpha value is -0.610. The second-order valence-corrected chi connectivity index (χ2v) is 3.38. The minimum atomic E-state index is -0.0995. The third-order valence-electron chi connectivity index (χ3n) is 2.34. The molecule has 1 aliphatic heterocycles. The van der Waals surface area contributed by atoms with E-state index in [9.17, 15) is 4.79 Å². The van der Waals surface area contributed by atoms with Crippen LogP contribution in [0.15, 0.2) is 0 Å². The highest BCUT2D eigenvalue weighted by Crippen LogP contribution is 2.08. The van der Waals surface area contributed by atoms with Crippen molar-refractivity contribution >= 4 is 5.97 Å². The summed E-state index contributed by atoms with van der Waals surface area (Å²) in [7, 11) is 1.44. The normalized spacial score (nSPS) is 21.8. The van der Waals surface area contributed by atoms with E-state index >= 15 is 0 Å². The number of hydrogen-bond donors (Lipinski definition) is 2. The molecule has 13 heavy (non-hydrogen) atoms. The van der Waals surface area contributed by atoms with Crippen LogP contribution in [0.5, 0.6) is 0 Å². The van der Waals surface area contributed by atoms with Crippen LogP contribution in [0, 0.1) is 0 Å². The lowest BCUT2D eigenvalue weighted by atomic mass is 10.1. The maximum atomic E-state index is 10.8. The quantitative estimate of drug-likeness (QED) is 0.487. The zero-order chi connectivity index (χ0) is 9.52. The predicted octanol–water partition coefficient (Wildman–Crippen LogP) is 0.586. The molecular weight excluding hydrogens is 168 g/mol. The van der Waals surface area contributed by atoms with Gasteiger partial charge in [-0.25, -0.2) is 0 Å². The van der Waals surface area contributed by atoms with Gasteiger partial charge in [-0.3, -0.25) is 15.6 Å². The van der Waals surface area contributed by atoms with Crippen molar-refractivity contribution < 1.29 is 9.53 Å². The van der Waals surface area contributed by atoms with Gasteiger partial charge < -0.3 is 4.74 Å². The number of carbonyl (C=O) groups is 1. The summed E-state index contributed by atoms with van der Waals surface area (Å²) in [4.78, 5) is 10.8. The highest BCUT2D eigenvalue weighted by molar-refractivity contribution is 5.68. The van der Waals surface area contributed by atoms with E-state index in [0.717, 1.165) is 25.8 Å². The minimum Gasteiger partial charge on any atom is -0.469 e. The summed E-state index contributed by atoms with van der Waals surface area (Å²) in [6, 6.07) is 0.595. The van der Waals surface area contributed by atoms with Gasteiger partial charge in [0.25, 0.3) is 0 Å². The Kier molecular flexibility index (Phi) is 4.78. The minimum absolute atomic E-state index is 0.0995. The zero-order valence-corrected chi connectivity index (χ0v) is 8.14. The number of hydrazine groups is 1. The van der Waals surface area contributed by atoms with Crippen molar-refractivity contribution in [2.24, 2.45) is 0 Å². The Bertz CT molecular complexity index is 156. The van der Waals surface area contributed by atoms with Crippen LogP contribution >= 0.6 is 0 Å². The molecule has 0 amide bonds. The van der Waals surface area contributed by atoms with Crippen LogP contribution in [-0.2, 0) is 9.53 Å². The van der Waals surface area contributed by atoms with Crippen molar-refractivity contribution in [2.45, 2.75) is 38.1 Å². The Morgan fingerprint density at radius 1 is 1.54 bits per heavy atom. The number of ether oxygens (including phenoxy) is 1. The Morgan fingerprint density at radius 2 is 2.38 bits per heavy atom. The van der Waals surface area contributed by atoms with Crippen LogP contribution < -0.4 is 10.9 Å². The lowest BCUT2D eigenvalue weighted by molar-refractivity contribution is -0.140. The predicted molar refractivity (Wildman–Crippen MR) is 50.0 cm³/mol. The van der Waals surface area contributed by atoms with Crippen molar-refractivity contribution in [3.05, 3.63) is 0 Å². The fourth-order valence-electron chi connectivity index (χ4n) is 1.51. The first-order valence-electron chi connectivity index (χ1n) is 4.88. The standard InChI is InChI=1S/C9H18N2O2/c1-13-9(12)5-3-2-4-8-6-7-10-11-8/h8,10-11H,2-7H2,1H3. The van der Waals surface area contributed by atoms with Gasteiger partial charge in [-0.05, 0) is 19.3 Å². The number of unbranched alkanes of at least 4 members (excludes halogenated alkanes) is 1. The molecule has 0 aromatic rings. The van der Waals surface area contributed by atoms with Gasteiger partial charge in [0.1, 0.15) is 0 Å². The third-order valence-corrected chi connectivity index (χ3v) is 2.34. The molecule has 0 radical (unpaired) electrons. The first-order valence-corrected chi connectivity index (χ1v) is 4.88. The van der Waals surface area contributed by atoms with E-state index in [4.69, 9.17) is 0 Å². The number of rotatable bonds is 5. The molecule has 0 bridgehead atoms. The highest BCUT2D eigenvalue weighted by Gasteiger charge is 2.12. The van der Waals surface area contributed by atoms with E-state index in [1.165, 1.54) is 13.5 Å². The van der Waals surface area contributed by atoms with Gasteiger partial charge in [-0.15, -0.1) is 0 Å². The van der Waals surface area contributed by atoms with Crippen molar-refractivity contribution in [1.82, 2.24) is 10.9 Å². The second kappa shape index (κ2) is 5.94. The lowest BCUT2D eigenvalue weighted by Gasteiger charge is -2.07. The number of carbonyl (C=O) groups excluding carboxylic acids is 1. The summed E-state index contributed by atoms with van der Waals surface area (Å²) < 4.78 is 4.56. The molecule has 1 rings (SSSR count). The van der Waals surface area contributed by atoms with Gasteiger partial charge in [0.2, 0.25) is 0 Å². The molecule has 0 aromatic heterocycles. The largest absolute Gasteiger partial charge is 0.469 e. The molecule has 0 saturated carbocycles. The maximum Gasteiger partial charge on any atom is 0.305 e. The highest BCUT2D eigenvalue weighted by atomic mass is 16.5. The third kappa shape index (κ3) is 4.24. The van der Waals surface area contributed by atoms with E-state index in [-0.39, 0.29) is 5.97 Å². The summed E-state index contributed by atoms with van der Waals surface area (Å²) in [6.07, 6.45) is 4.91. The lowest BCUT2D eigenvalue weighted by Crippen LogP contribution is -2.29. The SMILES string of the molecule is COC(=O)CCCCC1CCNN1. The molecule has 1 unspecified atom stereocenters. The summed E-state index contributed by atoms with van der Waals surface area (Å²) in [5, 5.41) is 0. The molecule has 76 valence electrons. The molecule has 4 heteroatoms. The van der Waals surface area contributed by atoms with Crippen LogP contribution in [0.1, 0.15) is 32.1 Å². The molecule has 1 atom stereocenters. The Balaban J connectivity index is 1.91. The molecule has 0 spiro atoms. The number of esters is 1. The average Bonchev–Trinajstić information content (AvgIpc) is 2.64. The summed E-state index contributed by atoms with van der Waals surface area (Å²) in [6.45, 7) is 1.06. The molecular formula is C9H18N2O2. The van der Waals surface area contributed by atoms with Crippen molar-refractivity contribution in [1.29, 1.82) is 0 Å². The van der Waals surface area contributed by atoms with Crippen LogP contribution in [0.4, 0.5) is 0 Å². The summed E-state index contributed by atoms with van der Waals surface area (Å²) in [5.74, 6) is -0.0995. The van der Waals surface area contributed by atoms with E-state index in [1.807, 2.05) is 0 Å². The smallest absolute Gasteiger partial charge is 0.305 e. The van der Waals surface area contributed by atoms with E-state index in [2.05, 4.69) is 15.6 Å². The second-order valence-electron chi connectivity index (χ2n) is 3.38. The molecule has 2 N–H and O–H groups in total. The van der Waals surface area contributed by atoms with Gasteiger partial charge in [-0.1, -0.05) is 6.42 Å². The topological polar surface area (TPSA) is 50.4 Å². The molecule has 1 heterocycles. The van der Waals surface area contributed by atoms with Crippen molar-refractivity contribution in [3.63, 3.8) is 0 Å². The van der Waals surface area contributed by atoms with Crippen LogP contribution in [0.3, 0.4) is 0 Å². The first kappa shape index (κ1) is 10.5. The Labute approximate surface area is 79.0 Å². The van der Waals surface area contributed by atoms with Gasteiger partial charge in [0.05, 0.1) is 7.11 Å². The van der Waals surface area contributed by atoms with E-state index in [1.54, 1.807) is 0 Å². The summed E-state index contributed by atoms with van der Waals surface area (Å²) >= 11 is 0. The number of nitrogens with one attached hydrogen (secondary N) is 2. The molecule has 0 aromatic carbocycles. The zero-order valence-electron chi connectivity index (χ0n) is 8.14. The van der Waals surface area contributed by atoms with Gasteiger partial charge in [0, 0.05) is 19.0 Å². The fourth-order valence-corrected chi connectivity index (χ4v) is 1.51. The van der Waals surface area contributed by atoms with E-state index in [0.29, 0.717) is 12.5 Å². The fraction of sp³-hybridized carbons (Fsp3) is 0.889. The molecule has 0 aliphatic carbocycles. The maximum absolute atomic E-state index is 10.8. The molecule has 1 aliphatic rings. The summed E-state index contributed by atoms with van der Waals surface area (Å²) in [5.41, 5.74) is 6.28. The number of hydrogen-bond acceptors (Lipinski definition) is 4. The molecule has 1 fully saturated rings. The Morgan fingerprint density at radius 3 is 3.00 bits per heavy atom.